The van der Waals surface area contributed by atoms with Crippen LogP contribution in [0.5, 0.6) is 0 Å². The minimum atomic E-state index is -3.43. The lowest BCUT2D eigenvalue weighted by atomic mass is 10.3. The van der Waals surface area contributed by atoms with Crippen LogP contribution < -0.4 is 4.72 Å². The normalized spacial score (nSPS) is 13.4. The van der Waals surface area contributed by atoms with Crippen molar-refractivity contribution in [2.45, 2.75) is 17.4 Å². The number of nitrogens with one attached hydrogen (secondary N) is 1. The molecule has 102 valence electrons. The SMILES string of the molecule is COC(CCSC)CNS(=O)(=O)c1ccccc1. The summed E-state index contributed by atoms with van der Waals surface area (Å²) in [7, 11) is -1.83. The Kier molecular flexibility index (Phi) is 6.70. The Hall–Kier alpha value is -0.560. The monoisotopic (exact) mass is 289 g/mol. The molecule has 0 bridgehead atoms. The first-order chi connectivity index (χ1) is 8.60. The van der Waals surface area contributed by atoms with Crippen molar-refractivity contribution in [2.75, 3.05) is 25.7 Å². The second kappa shape index (κ2) is 7.78. The number of rotatable bonds is 8. The summed E-state index contributed by atoms with van der Waals surface area (Å²) in [6.45, 7) is 0.300. The maximum absolute atomic E-state index is 12.0. The summed E-state index contributed by atoms with van der Waals surface area (Å²) in [5.74, 6) is 0.950. The van der Waals surface area contributed by atoms with Gasteiger partial charge in [0.05, 0.1) is 11.0 Å². The van der Waals surface area contributed by atoms with Crippen LogP contribution in [0.4, 0.5) is 0 Å². The van der Waals surface area contributed by atoms with Crippen LogP contribution in [0, 0.1) is 0 Å². The van der Waals surface area contributed by atoms with Crippen LogP contribution in [0.25, 0.3) is 0 Å². The predicted molar refractivity (Wildman–Crippen MR) is 75.4 cm³/mol. The highest BCUT2D eigenvalue weighted by atomic mass is 32.2. The van der Waals surface area contributed by atoms with Gasteiger partial charge in [-0.2, -0.15) is 11.8 Å². The van der Waals surface area contributed by atoms with E-state index in [0.29, 0.717) is 6.54 Å². The van der Waals surface area contributed by atoms with E-state index in [-0.39, 0.29) is 11.0 Å². The molecule has 0 fully saturated rings. The van der Waals surface area contributed by atoms with Crippen molar-refractivity contribution < 1.29 is 13.2 Å². The number of ether oxygens (including phenoxy) is 1. The Morgan fingerprint density at radius 3 is 2.56 bits per heavy atom. The van der Waals surface area contributed by atoms with Crippen LogP contribution in [-0.4, -0.2) is 40.2 Å². The number of thioether (sulfide) groups is 1. The first-order valence-electron chi connectivity index (χ1n) is 5.66. The quantitative estimate of drug-likeness (QED) is 0.792. The molecule has 1 unspecified atom stereocenters. The van der Waals surface area contributed by atoms with E-state index in [4.69, 9.17) is 4.74 Å². The van der Waals surface area contributed by atoms with E-state index in [0.717, 1.165) is 12.2 Å². The summed E-state index contributed by atoms with van der Waals surface area (Å²) < 4.78 is 31.7. The van der Waals surface area contributed by atoms with Crippen LogP contribution >= 0.6 is 11.8 Å². The molecule has 0 aromatic heterocycles. The van der Waals surface area contributed by atoms with Gasteiger partial charge >= 0.3 is 0 Å². The van der Waals surface area contributed by atoms with Crippen LogP contribution in [0.2, 0.25) is 0 Å². The van der Waals surface area contributed by atoms with Crippen LogP contribution in [0.15, 0.2) is 35.2 Å². The minimum absolute atomic E-state index is 0.0871. The lowest BCUT2D eigenvalue weighted by Crippen LogP contribution is -2.33. The zero-order valence-corrected chi connectivity index (χ0v) is 12.3. The molecule has 0 spiro atoms. The predicted octanol–water partition coefficient (Wildman–Crippen LogP) is 1.73. The van der Waals surface area contributed by atoms with E-state index in [9.17, 15) is 8.42 Å². The molecule has 0 heterocycles. The molecule has 4 nitrogen and oxygen atoms in total. The third-order valence-electron chi connectivity index (χ3n) is 2.53. The first-order valence-corrected chi connectivity index (χ1v) is 8.54. The molecule has 0 amide bonds. The van der Waals surface area contributed by atoms with E-state index in [1.807, 2.05) is 6.26 Å². The molecule has 0 saturated carbocycles. The van der Waals surface area contributed by atoms with Gasteiger partial charge in [0.1, 0.15) is 0 Å². The smallest absolute Gasteiger partial charge is 0.240 e. The van der Waals surface area contributed by atoms with Crippen molar-refractivity contribution in [2.24, 2.45) is 0 Å². The second-order valence-corrected chi connectivity index (χ2v) is 6.56. The summed E-state index contributed by atoms with van der Waals surface area (Å²) in [6.07, 6.45) is 2.76. The van der Waals surface area contributed by atoms with E-state index < -0.39 is 10.0 Å². The molecule has 1 aromatic carbocycles. The molecule has 0 radical (unpaired) electrons. The summed E-state index contributed by atoms with van der Waals surface area (Å²) >= 11 is 1.72. The van der Waals surface area contributed by atoms with Gasteiger partial charge < -0.3 is 4.74 Å². The van der Waals surface area contributed by atoms with Gasteiger partial charge in [0.2, 0.25) is 10.0 Å². The summed E-state index contributed by atoms with van der Waals surface area (Å²) in [6, 6.07) is 8.35. The number of methoxy groups -OCH3 is 1. The Bertz CT molecular complexity index is 434. The first kappa shape index (κ1) is 15.5. The van der Waals surface area contributed by atoms with Gasteiger partial charge in [0.25, 0.3) is 0 Å². The van der Waals surface area contributed by atoms with Crippen molar-refractivity contribution in [3.8, 4) is 0 Å². The molecule has 18 heavy (non-hydrogen) atoms. The van der Waals surface area contributed by atoms with Crippen LogP contribution in [-0.2, 0) is 14.8 Å². The van der Waals surface area contributed by atoms with Gasteiger partial charge in [-0.3, -0.25) is 0 Å². The summed E-state index contributed by atoms with van der Waals surface area (Å²) in [5, 5.41) is 0. The lowest BCUT2D eigenvalue weighted by Gasteiger charge is -2.15. The average molecular weight is 289 g/mol. The van der Waals surface area contributed by atoms with E-state index in [1.54, 1.807) is 49.2 Å². The molecular formula is C12H19NO3S2. The fourth-order valence-corrected chi connectivity index (χ4v) is 3.02. The molecular weight excluding hydrogens is 270 g/mol. The third-order valence-corrected chi connectivity index (χ3v) is 4.62. The van der Waals surface area contributed by atoms with Crippen LogP contribution in [0.1, 0.15) is 6.42 Å². The van der Waals surface area contributed by atoms with Gasteiger partial charge in [0, 0.05) is 13.7 Å². The maximum Gasteiger partial charge on any atom is 0.240 e. The van der Waals surface area contributed by atoms with Crippen molar-refractivity contribution in [1.29, 1.82) is 0 Å². The highest BCUT2D eigenvalue weighted by Gasteiger charge is 2.15. The number of sulfonamides is 1. The fraction of sp³-hybridized carbons (Fsp3) is 0.500. The van der Waals surface area contributed by atoms with Crippen molar-refractivity contribution in [3.63, 3.8) is 0 Å². The number of hydrogen-bond donors (Lipinski definition) is 1. The van der Waals surface area contributed by atoms with Gasteiger partial charge in [-0.05, 0) is 30.6 Å². The van der Waals surface area contributed by atoms with Gasteiger partial charge in [0.15, 0.2) is 0 Å². The third kappa shape index (κ3) is 4.97. The minimum Gasteiger partial charge on any atom is -0.380 e. The van der Waals surface area contributed by atoms with E-state index in [1.165, 1.54) is 0 Å². The molecule has 0 aliphatic heterocycles. The Morgan fingerprint density at radius 2 is 2.00 bits per heavy atom. The lowest BCUT2D eigenvalue weighted by molar-refractivity contribution is 0.104. The Morgan fingerprint density at radius 1 is 1.33 bits per heavy atom. The van der Waals surface area contributed by atoms with Gasteiger partial charge in [-0.25, -0.2) is 13.1 Å². The number of benzene rings is 1. The molecule has 1 atom stereocenters. The molecule has 1 aromatic rings. The highest BCUT2D eigenvalue weighted by Crippen LogP contribution is 2.08. The summed E-state index contributed by atoms with van der Waals surface area (Å²) in [5.41, 5.74) is 0. The standard InChI is InChI=1S/C12H19NO3S2/c1-16-11(8-9-17-2)10-13-18(14,15)12-6-4-3-5-7-12/h3-7,11,13H,8-10H2,1-2H3. The Balaban J connectivity index is 2.56. The average Bonchev–Trinajstić information content (AvgIpc) is 2.40. The zero-order chi connectivity index (χ0) is 13.4. The summed E-state index contributed by atoms with van der Waals surface area (Å²) in [4.78, 5) is 0.282. The molecule has 6 heteroatoms. The largest absolute Gasteiger partial charge is 0.380 e. The van der Waals surface area contributed by atoms with E-state index >= 15 is 0 Å². The van der Waals surface area contributed by atoms with E-state index in [2.05, 4.69) is 4.72 Å². The molecule has 0 aliphatic rings. The second-order valence-electron chi connectivity index (χ2n) is 3.80. The Labute approximate surface area is 113 Å². The van der Waals surface area contributed by atoms with Crippen molar-refractivity contribution in [1.82, 2.24) is 4.72 Å². The van der Waals surface area contributed by atoms with Crippen LogP contribution in [0.3, 0.4) is 0 Å². The van der Waals surface area contributed by atoms with Gasteiger partial charge in [-0.15, -0.1) is 0 Å². The highest BCUT2D eigenvalue weighted by molar-refractivity contribution is 7.98. The van der Waals surface area contributed by atoms with Crippen molar-refractivity contribution >= 4 is 21.8 Å². The molecule has 1 rings (SSSR count). The molecule has 1 N–H and O–H groups in total. The zero-order valence-electron chi connectivity index (χ0n) is 10.6. The topological polar surface area (TPSA) is 55.4 Å². The van der Waals surface area contributed by atoms with Crippen molar-refractivity contribution in [3.05, 3.63) is 30.3 Å². The maximum atomic E-state index is 12.0. The molecule has 0 saturated heterocycles. The number of hydrogen-bond acceptors (Lipinski definition) is 4. The van der Waals surface area contributed by atoms with Gasteiger partial charge in [-0.1, -0.05) is 18.2 Å². The molecule has 0 aliphatic carbocycles. The fourth-order valence-electron chi connectivity index (χ4n) is 1.44.